The molecule has 0 fully saturated rings. The SMILES string of the molecule is COc1cc2ncc(-c3cc(F)nc(NCCCO)c3)n2cc1C(=O)N(C)C. The minimum atomic E-state index is -0.642. The van der Waals surface area contributed by atoms with Gasteiger partial charge < -0.3 is 20.1 Å². The molecule has 0 bridgehead atoms. The summed E-state index contributed by atoms with van der Waals surface area (Å²) in [5.41, 5.74) is 2.10. The van der Waals surface area contributed by atoms with Gasteiger partial charge in [0, 0.05) is 51.1 Å². The molecule has 8 nitrogen and oxygen atoms in total. The topological polar surface area (TPSA) is 92.0 Å². The summed E-state index contributed by atoms with van der Waals surface area (Å²) >= 11 is 0. The Morgan fingerprint density at radius 1 is 1.36 bits per heavy atom. The molecule has 148 valence electrons. The van der Waals surface area contributed by atoms with Crippen LogP contribution in [-0.4, -0.2) is 64.6 Å². The van der Waals surface area contributed by atoms with Gasteiger partial charge in [-0.1, -0.05) is 0 Å². The molecule has 0 aliphatic rings. The molecular formula is C19H22FN5O3. The number of anilines is 1. The fourth-order valence-electron chi connectivity index (χ4n) is 2.82. The minimum absolute atomic E-state index is 0.0347. The number of methoxy groups -OCH3 is 1. The second-order valence-electron chi connectivity index (χ2n) is 6.39. The molecule has 0 unspecified atom stereocenters. The Morgan fingerprint density at radius 3 is 2.82 bits per heavy atom. The number of hydrogen-bond donors (Lipinski definition) is 2. The molecule has 2 N–H and O–H groups in total. The van der Waals surface area contributed by atoms with Crippen LogP contribution in [0.25, 0.3) is 16.9 Å². The first-order valence-electron chi connectivity index (χ1n) is 8.74. The summed E-state index contributed by atoms with van der Waals surface area (Å²) in [5.74, 6) is -0.0881. The maximum atomic E-state index is 14.0. The van der Waals surface area contributed by atoms with E-state index >= 15 is 0 Å². The molecule has 0 aliphatic heterocycles. The number of carbonyl (C=O) groups is 1. The second kappa shape index (κ2) is 8.22. The predicted molar refractivity (Wildman–Crippen MR) is 103 cm³/mol. The summed E-state index contributed by atoms with van der Waals surface area (Å²) in [6.07, 6.45) is 3.76. The van der Waals surface area contributed by atoms with Gasteiger partial charge in [-0.05, 0) is 12.5 Å². The van der Waals surface area contributed by atoms with Crippen LogP contribution in [0.15, 0.2) is 30.6 Å². The van der Waals surface area contributed by atoms with Gasteiger partial charge in [-0.3, -0.25) is 9.20 Å². The second-order valence-corrected chi connectivity index (χ2v) is 6.39. The molecular weight excluding hydrogens is 365 g/mol. The van der Waals surface area contributed by atoms with Gasteiger partial charge in [0.1, 0.15) is 17.2 Å². The van der Waals surface area contributed by atoms with Crippen molar-refractivity contribution in [2.75, 3.05) is 39.7 Å². The Labute approximate surface area is 161 Å². The smallest absolute Gasteiger partial charge is 0.258 e. The first-order valence-corrected chi connectivity index (χ1v) is 8.74. The van der Waals surface area contributed by atoms with Gasteiger partial charge >= 0.3 is 0 Å². The normalized spacial score (nSPS) is 10.9. The third-order valence-corrected chi connectivity index (χ3v) is 4.20. The van der Waals surface area contributed by atoms with Crippen molar-refractivity contribution >= 4 is 17.4 Å². The van der Waals surface area contributed by atoms with Gasteiger partial charge in [-0.15, -0.1) is 0 Å². The molecule has 3 aromatic rings. The number of aromatic nitrogens is 3. The van der Waals surface area contributed by atoms with E-state index in [0.29, 0.717) is 47.0 Å². The first-order chi connectivity index (χ1) is 13.4. The number of carbonyl (C=O) groups excluding carboxylic acids is 1. The molecule has 1 amide bonds. The van der Waals surface area contributed by atoms with Gasteiger partial charge in [0.05, 0.1) is 24.6 Å². The van der Waals surface area contributed by atoms with Crippen LogP contribution in [0.1, 0.15) is 16.8 Å². The Balaban J connectivity index is 2.09. The van der Waals surface area contributed by atoms with Crippen LogP contribution in [0.4, 0.5) is 10.2 Å². The van der Waals surface area contributed by atoms with E-state index in [1.54, 1.807) is 43.0 Å². The van der Waals surface area contributed by atoms with Crippen LogP contribution in [0.3, 0.4) is 0 Å². The Kier molecular flexibility index (Phi) is 5.74. The number of aliphatic hydroxyl groups is 1. The van der Waals surface area contributed by atoms with Gasteiger partial charge in [0.2, 0.25) is 5.95 Å². The number of nitrogens with zero attached hydrogens (tertiary/aromatic N) is 4. The van der Waals surface area contributed by atoms with Crippen LogP contribution in [0, 0.1) is 5.95 Å². The highest BCUT2D eigenvalue weighted by Gasteiger charge is 2.18. The van der Waals surface area contributed by atoms with Crippen molar-refractivity contribution in [3.63, 3.8) is 0 Å². The van der Waals surface area contributed by atoms with E-state index in [1.165, 1.54) is 18.1 Å². The fraction of sp³-hybridized carbons (Fsp3) is 0.316. The van der Waals surface area contributed by atoms with Crippen molar-refractivity contribution in [2.45, 2.75) is 6.42 Å². The lowest BCUT2D eigenvalue weighted by Gasteiger charge is -2.14. The van der Waals surface area contributed by atoms with Crippen molar-refractivity contribution in [3.05, 3.63) is 42.1 Å². The van der Waals surface area contributed by atoms with Gasteiger partial charge in [-0.2, -0.15) is 4.39 Å². The quantitative estimate of drug-likeness (QED) is 0.476. The Hall–Kier alpha value is -3.20. The molecule has 0 saturated carbocycles. The molecule has 0 saturated heterocycles. The number of halogens is 1. The monoisotopic (exact) mass is 387 g/mol. The van der Waals surface area contributed by atoms with Gasteiger partial charge in [-0.25, -0.2) is 9.97 Å². The molecule has 0 radical (unpaired) electrons. The summed E-state index contributed by atoms with van der Waals surface area (Å²) in [7, 11) is 4.80. The summed E-state index contributed by atoms with van der Waals surface area (Å²) in [4.78, 5) is 22.1. The lowest BCUT2D eigenvalue weighted by Crippen LogP contribution is -2.22. The number of rotatable bonds is 7. The maximum absolute atomic E-state index is 14.0. The number of amides is 1. The molecule has 0 aliphatic carbocycles. The highest BCUT2D eigenvalue weighted by molar-refractivity contribution is 5.97. The summed E-state index contributed by atoms with van der Waals surface area (Å²) in [6, 6.07) is 4.66. The van der Waals surface area contributed by atoms with Crippen LogP contribution in [-0.2, 0) is 0 Å². The highest BCUT2D eigenvalue weighted by Crippen LogP contribution is 2.28. The molecule has 0 aromatic carbocycles. The van der Waals surface area contributed by atoms with E-state index in [-0.39, 0.29) is 12.5 Å². The number of hydrogen-bond acceptors (Lipinski definition) is 6. The van der Waals surface area contributed by atoms with E-state index in [0.717, 1.165) is 0 Å². The molecule has 0 atom stereocenters. The standard InChI is InChI=1S/C19H22FN5O3/c1-24(2)19(27)13-11-25-14(10-22-18(25)9-15(13)28-3)12-7-16(20)23-17(8-12)21-5-4-6-26/h7-11,26H,4-6H2,1-3H3,(H,21,23). The summed E-state index contributed by atoms with van der Waals surface area (Å²) in [5, 5.41) is 11.9. The average Bonchev–Trinajstić information content (AvgIpc) is 3.09. The summed E-state index contributed by atoms with van der Waals surface area (Å²) < 4.78 is 21.1. The molecule has 9 heteroatoms. The van der Waals surface area contributed by atoms with Crippen molar-refractivity contribution in [2.24, 2.45) is 0 Å². The van der Waals surface area contributed by atoms with Crippen molar-refractivity contribution in [3.8, 4) is 17.0 Å². The zero-order valence-electron chi connectivity index (χ0n) is 15.9. The first kappa shape index (κ1) is 19.6. The number of ether oxygens (including phenoxy) is 1. The third kappa shape index (κ3) is 3.89. The fourth-order valence-corrected chi connectivity index (χ4v) is 2.82. The van der Waals surface area contributed by atoms with Crippen LogP contribution in [0.5, 0.6) is 5.75 Å². The number of aliphatic hydroxyl groups excluding tert-OH is 1. The number of imidazole rings is 1. The molecule has 3 heterocycles. The lowest BCUT2D eigenvalue weighted by molar-refractivity contribution is 0.0823. The van der Waals surface area contributed by atoms with Crippen molar-refractivity contribution in [1.29, 1.82) is 0 Å². The van der Waals surface area contributed by atoms with E-state index < -0.39 is 5.95 Å². The van der Waals surface area contributed by atoms with Gasteiger partial charge in [0.15, 0.2) is 0 Å². The van der Waals surface area contributed by atoms with Crippen molar-refractivity contribution < 1.29 is 19.0 Å². The van der Waals surface area contributed by atoms with Crippen molar-refractivity contribution in [1.82, 2.24) is 19.3 Å². The zero-order valence-corrected chi connectivity index (χ0v) is 15.9. The maximum Gasteiger partial charge on any atom is 0.258 e. The zero-order chi connectivity index (χ0) is 20.3. The highest BCUT2D eigenvalue weighted by atomic mass is 19.1. The molecule has 28 heavy (non-hydrogen) atoms. The average molecular weight is 387 g/mol. The van der Waals surface area contributed by atoms with E-state index in [9.17, 15) is 9.18 Å². The van der Waals surface area contributed by atoms with Crippen LogP contribution >= 0.6 is 0 Å². The van der Waals surface area contributed by atoms with Crippen LogP contribution in [0.2, 0.25) is 0 Å². The molecule has 3 aromatic heterocycles. The van der Waals surface area contributed by atoms with Crippen LogP contribution < -0.4 is 10.1 Å². The number of pyridine rings is 2. The Morgan fingerprint density at radius 2 is 2.14 bits per heavy atom. The predicted octanol–water partition coefficient (Wildman–Crippen LogP) is 2.04. The molecule has 0 spiro atoms. The van der Waals surface area contributed by atoms with Gasteiger partial charge in [0.25, 0.3) is 5.91 Å². The van der Waals surface area contributed by atoms with E-state index in [4.69, 9.17) is 9.84 Å². The number of fused-ring (bicyclic) bond motifs is 1. The van der Waals surface area contributed by atoms with E-state index in [2.05, 4.69) is 15.3 Å². The lowest BCUT2D eigenvalue weighted by atomic mass is 10.2. The summed E-state index contributed by atoms with van der Waals surface area (Å²) in [6.45, 7) is 0.505. The largest absolute Gasteiger partial charge is 0.496 e. The van der Waals surface area contributed by atoms with E-state index in [1.807, 2.05) is 0 Å². The Bertz CT molecular complexity index is 1000. The molecule has 3 rings (SSSR count). The minimum Gasteiger partial charge on any atom is -0.496 e. The number of nitrogens with one attached hydrogen (secondary N) is 1. The third-order valence-electron chi connectivity index (χ3n) is 4.20.